The minimum atomic E-state index is -0.270. The standard InChI is InChI=1S/C19H21N5O2/c1-13(2)15-7-6-14(3)17(9-15)26-10-18(25)23-16-5-4-8-21-19(16)24-12-20-11-22-24/h4-9,11-13H,10H2,1-3H3,(H,23,25). The molecule has 1 N–H and O–H groups in total. The largest absolute Gasteiger partial charge is 0.483 e. The maximum absolute atomic E-state index is 12.3. The van der Waals surface area contributed by atoms with Crippen LogP contribution in [0.25, 0.3) is 5.82 Å². The monoisotopic (exact) mass is 351 g/mol. The number of benzene rings is 1. The Balaban J connectivity index is 1.68. The molecule has 0 aliphatic rings. The van der Waals surface area contributed by atoms with Crippen molar-refractivity contribution in [3.8, 4) is 11.6 Å². The van der Waals surface area contributed by atoms with Crippen LogP contribution in [-0.2, 0) is 4.79 Å². The Kier molecular flexibility index (Phi) is 5.26. The first kappa shape index (κ1) is 17.6. The second-order valence-electron chi connectivity index (χ2n) is 6.23. The molecule has 7 heteroatoms. The molecular formula is C19H21N5O2. The summed E-state index contributed by atoms with van der Waals surface area (Å²) in [5.74, 6) is 1.34. The number of anilines is 1. The van der Waals surface area contributed by atoms with Crippen LogP contribution in [0.4, 0.5) is 5.69 Å². The number of nitrogens with one attached hydrogen (secondary N) is 1. The number of rotatable bonds is 6. The molecular weight excluding hydrogens is 330 g/mol. The average Bonchev–Trinajstić information content (AvgIpc) is 3.15. The van der Waals surface area contributed by atoms with E-state index >= 15 is 0 Å². The highest BCUT2D eigenvalue weighted by molar-refractivity contribution is 5.93. The summed E-state index contributed by atoms with van der Waals surface area (Å²) in [4.78, 5) is 20.5. The summed E-state index contributed by atoms with van der Waals surface area (Å²) >= 11 is 0. The summed E-state index contributed by atoms with van der Waals surface area (Å²) in [5, 5.41) is 6.86. The van der Waals surface area contributed by atoms with Gasteiger partial charge >= 0.3 is 0 Å². The van der Waals surface area contributed by atoms with Crippen LogP contribution < -0.4 is 10.1 Å². The summed E-state index contributed by atoms with van der Waals surface area (Å²) in [6.07, 6.45) is 4.56. The first-order chi connectivity index (χ1) is 12.5. The van der Waals surface area contributed by atoms with Gasteiger partial charge < -0.3 is 10.1 Å². The number of pyridine rings is 1. The molecule has 7 nitrogen and oxygen atoms in total. The molecule has 0 fully saturated rings. The molecule has 0 radical (unpaired) electrons. The number of ether oxygens (including phenoxy) is 1. The molecule has 0 saturated carbocycles. The Bertz CT molecular complexity index is 891. The Hall–Kier alpha value is -3.22. The van der Waals surface area contributed by atoms with Gasteiger partial charge in [0.05, 0.1) is 5.69 Å². The summed E-state index contributed by atoms with van der Waals surface area (Å²) in [7, 11) is 0. The average molecular weight is 351 g/mol. The van der Waals surface area contributed by atoms with Crippen molar-refractivity contribution in [2.75, 3.05) is 11.9 Å². The second-order valence-corrected chi connectivity index (χ2v) is 6.23. The van der Waals surface area contributed by atoms with Crippen molar-refractivity contribution in [1.82, 2.24) is 19.7 Å². The van der Waals surface area contributed by atoms with Gasteiger partial charge in [-0.2, -0.15) is 5.10 Å². The summed E-state index contributed by atoms with van der Waals surface area (Å²) in [6, 6.07) is 9.57. The van der Waals surface area contributed by atoms with E-state index in [-0.39, 0.29) is 12.5 Å². The lowest BCUT2D eigenvalue weighted by Crippen LogP contribution is -2.21. The van der Waals surface area contributed by atoms with Crippen LogP contribution in [0.2, 0.25) is 0 Å². The van der Waals surface area contributed by atoms with Gasteiger partial charge in [-0.15, -0.1) is 0 Å². The van der Waals surface area contributed by atoms with Crippen LogP contribution in [-0.4, -0.2) is 32.3 Å². The minimum Gasteiger partial charge on any atom is -0.483 e. The van der Waals surface area contributed by atoms with Crippen LogP contribution in [0.3, 0.4) is 0 Å². The number of aromatic nitrogens is 4. The fraction of sp³-hybridized carbons (Fsp3) is 0.263. The lowest BCUT2D eigenvalue weighted by molar-refractivity contribution is -0.118. The number of aryl methyl sites for hydroxylation is 1. The molecule has 2 aromatic heterocycles. The van der Waals surface area contributed by atoms with Crippen LogP contribution >= 0.6 is 0 Å². The quantitative estimate of drug-likeness (QED) is 0.738. The smallest absolute Gasteiger partial charge is 0.262 e. The first-order valence-corrected chi connectivity index (χ1v) is 8.38. The number of nitrogens with zero attached hydrogens (tertiary/aromatic N) is 4. The molecule has 0 atom stereocenters. The van der Waals surface area contributed by atoms with Crippen molar-refractivity contribution in [2.45, 2.75) is 26.7 Å². The third-order valence-corrected chi connectivity index (χ3v) is 3.93. The summed E-state index contributed by atoms with van der Waals surface area (Å²) < 4.78 is 7.22. The molecule has 0 aliphatic carbocycles. The molecule has 1 aromatic carbocycles. The SMILES string of the molecule is Cc1ccc(C(C)C)cc1OCC(=O)Nc1cccnc1-n1cncn1. The predicted octanol–water partition coefficient (Wildman–Crippen LogP) is 3.11. The molecule has 26 heavy (non-hydrogen) atoms. The van der Waals surface area contributed by atoms with Crippen molar-refractivity contribution in [1.29, 1.82) is 0 Å². The van der Waals surface area contributed by atoms with Gasteiger partial charge in [0.15, 0.2) is 12.4 Å². The number of carbonyl (C=O) groups is 1. The van der Waals surface area contributed by atoms with E-state index in [1.807, 2.05) is 19.1 Å². The van der Waals surface area contributed by atoms with Gasteiger partial charge in [0.2, 0.25) is 0 Å². The maximum Gasteiger partial charge on any atom is 0.262 e. The molecule has 134 valence electrons. The Morgan fingerprint density at radius 2 is 2.15 bits per heavy atom. The highest BCUT2D eigenvalue weighted by atomic mass is 16.5. The van der Waals surface area contributed by atoms with Crippen LogP contribution in [0.1, 0.15) is 30.9 Å². The Morgan fingerprint density at radius 3 is 2.88 bits per heavy atom. The predicted molar refractivity (Wildman–Crippen MR) is 98.5 cm³/mol. The molecule has 1 amide bonds. The zero-order chi connectivity index (χ0) is 18.5. The fourth-order valence-electron chi connectivity index (χ4n) is 2.46. The zero-order valence-electron chi connectivity index (χ0n) is 15.0. The van der Waals surface area contributed by atoms with E-state index in [0.29, 0.717) is 23.2 Å². The van der Waals surface area contributed by atoms with E-state index in [2.05, 4.69) is 40.3 Å². The van der Waals surface area contributed by atoms with E-state index in [1.54, 1.807) is 18.3 Å². The van der Waals surface area contributed by atoms with Crippen molar-refractivity contribution >= 4 is 11.6 Å². The number of amides is 1. The number of carbonyl (C=O) groups excluding carboxylic acids is 1. The number of hydrogen-bond acceptors (Lipinski definition) is 5. The van der Waals surface area contributed by atoms with Crippen LogP contribution in [0.15, 0.2) is 49.2 Å². The van der Waals surface area contributed by atoms with Gasteiger partial charge in [-0.05, 0) is 42.2 Å². The highest BCUT2D eigenvalue weighted by Gasteiger charge is 2.12. The minimum absolute atomic E-state index is 0.0892. The van der Waals surface area contributed by atoms with Crippen molar-refractivity contribution in [2.24, 2.45) is 0 Å². The fourth-order valence-corrected chi connectivity index (χ4v) is 2.46. The first-order valence-electron chi connectivity index (χ1n) is 8.38. The third kappa shape index (κ3) is 4.05. The van der Waals surface area contributed by atoms with E-state index in [1.165, 1.54) is 22.9 Å². The van der Waals surface area contributed by atoms with Gasteiger partial charge in [-0.3, -0.25) is 4.79 Å². The maximum atomic E-state index is 12.3. The lowest BCUT2D eigenvalue weighted by Gasteiger charge is -2.13. The topological polar surface area (TPSA) is 81.9 Å². The van der Waals surface area contributed by atoms with Gasteiger partial charge in [-0.25, -0.2) is 14.6 Å². The van der Waals surface area contributed by atoms with Gasteiger partial charge in [0.1, 0.15) is 18.4 Å². The molecule has 0 bridgehead atoms. The molecule has 2 heterocycles. The van der Waals surface area contributed by atoms with E-state index in [4.69, 9.17) is 4.74 Å². The number of hydrogen-bond donors (Lipinski definition) is 1. The Morgan fingerprint density at radius 1 is 1.31 bits per heavy atom. The lowest BCUT2D eigenvalue weighted by atomic mass is 10.0. The van der Waals surface area contributed by atoms with E-state index in [9.17, 15) is 4.79 Å². The zero-order valence-corrected chi connectivity index (χ0v) is 15.0. The van der Waals surface area contributed by atoms with Gasteiger partial charge in [-0.1, -0.05) is 26.0 Å². The van der Waals surface area contributed by atoms with Crippen molar-refractivity contribution in [3.05, 3.63) is 60.3 Å². The molecule has 0 unspecified atom stereocenters. The molecule has 3 aromatic rings. The van der Waals surface area contributed by atoms with Gasteiger partial charge in [0.25, 0.3) is 5.91 Å². The van der Waals surface area contributed by atoms with Crippen LogP contribution in [0, 0.1) is 6.92 Å². The van der Waals surface area contributed by atoms with Gasteiger partial charge in [0, 0.05) is 6.20 Å². The molecule has 0 spiro atoms. The van der Waals surface area contributed by atoms with Crippen molar-refractivity contribution < 1.29 is 9.53 Å². The Labute approximate surface area is 152 Å². The van der Waals surface area contributed by atoms with Crippen LogP contribution in [0.5, 0.6) is 5.75 Å². The second kappa shape index (κ2) is 7.77. The third-order valence-electron chi connectivity index (χ3n) is 3.93. The summed E-state index contributed by atoms with van der Waals surface area (Å²) in [5.41, 5.74) is 2.71. The van der Waals surface area contributed by atoms with E-state index in [0.717, 1.165) is 5.56 Å². The van der Waals surface area contributed by atoms with Crippen molar-refractivity contribution in [3.63, 3.8) is 0 Å². The molecule has 0 aliphatic heterocycles. The molecule has 0 saturated heterocycles. The van der Waals surface area contributed by atoms with E-state index < -0.39 is 0 Å². The summed E-state index contributed by atoms with van der Waals surface area (Å²) in [6.45, 7) is 6.11. The normalized spacial score (nSPS) is 10.8. The molecule has 3 rings (SSSR count). The highest BCUT2D eigenvalue weighted by Crippen LogP contribution is 2.24.